The first-order chi connectivity index (χ1) is 9.16. The van der Waals surface area contributed by atoms with Crippen molar-refractivity contribution >= 4 is 11.7 Å². The van der Waals surface area contributed by atoms with Crippen LogP contribution >= 0.6 is 0 Å². The minimum atomic E-state index is -0.555. The van der Waals surface area contributed by atoms with Crippen LogP contribution in [0.25, 0.3) is 0 Å². The fourth-order valence-corrected chi connectivity index (χ4v) is 4.07. The predicted octanol–water partition coefficient (Wildman–Crippen LogP) is 3.56. The molecule has 0 aromatic heterocycles. The quantitative estimate of drug-likeness (QED) is 0.750. The number of nitrogens with one attached hydrogen (secondary N) is 1. The van der Waals surface area contributed by atoms with Gasteiger partial charge in [0.2, 0.25) is 0 Å². The van der Waals surface area contributed by atoms with Gasteiger partial charge in [0.15, 0.2) is 0 Å². The molecule has 0 heterocycles. The number of hydrogen-bond donors (Lipinski definition) is 2. The van der Waals surface area contributed by atoms with Gasteiger partial charge in [-0.25, -0.2) is 10.2 Å². The van der Waals surface area contributed by atoms with E-state index >= 15 is 0 Å². The van der Waals surface area contributed by atoms with Crippen molar-refractivity contribution in [2.24, 2.45) is 22.2 Å². The molecule has 2 aliphatic carbocycles. The Morgan fingerprint density at radius 1 is 1.47 bits per heavy atom. The Morgan fingerprint density at radius 2 is 2.32 bits per heavy atom. The van der Waals surface area contributed by atoms with Crippen molar-refractivity contribution < 1.29 is 4.79 Å². The van der Waals surface area contributed by atoms with Gasteiger partial charge in [-0.05, 0) is 49.9 Å². The standard InChI is InChI=1S/C15H27N3O/c1-2-3-9-15-10-5-4-6-12(15)7-8-13(11-15)17-18-14(16)19/h12H,2-11H2,1H3,(H3,16,18,19)/b17-13+. The molecule has 2 amide bonds. The number of fused-ring (bicyclic) bond motifs is 1. The van der Waals surface area contributed by atoms with E-state index in [2.05, 4.69) is 17.5 Å². The number of carbonyl (C=O) groups is 1. The molecular formula is C15H27N3O. The topological polar surface area (TPSA) is 67.5 Å². The molecule has 0 saturated heterocycles. The lowest BCUT2D eigenvalue weighted by Crippen LogP contribution is -2.40. The molecule has 108 valence electrons. The normalized spacial score (nSPS) is 32.9. The number of unbranched alkanes of at least 4 members (excludes halogenated alkanes) is 1. The number of rotatable bonds is 4. The first kappa shape index (κ1) is 14.4. The number of urea groups is 1. The van der Waals surface area contributed by atoms with E-state index in [4.69, 9.17) is 5.73 Å². The Kier molecular flexibility index (Phi) is 4.83. The van der Waals surface area contributed by atoms with Crippen molar-refractivity contribution in [1.29, 1.82) is 0 Å². The summed E-state index contributed by atoms with van der Waals surface area (Å²) in [7, 11) is 0. The van der Waals surface area contributed by atoms with Crippen molar-refractivity contribution in [3.8, 4) is 0 Å². The van der Waals surface area contributed by atoms with Crippen LogP contribution in [0.15, 0.2) is 5.10 Å². The van der Waals surface area contributed by atoms with Gasteiger partial charge in [0.1, 0.15) is 0 Å². The zero-order chi connectivity index (χ0) is 13.7. The number of amides is 2. The minimum absolute atomic E-state index is 0.463. The zero-order valence-corrected chi connectivity index (χ0v) is 12.1. The van der Waals surface area contributed by atoms with Crippen molar-refractivity contribution in [3.63, 3.8) is 0 Å². The first-order valence-electron chi connectivity index (χ1n) is 7.77. The predicted molar refractivity (Wildman–Crippen MR) is 77.9 cm³/mol. The van der Waals surface area contributed by atoms with E-state index in [1.54, 1.807) is 0 Å². The van der Waals surface area contributed by atoms with Gasteiger partial charge in [-0.1, -0.05) is 32.6 Å². The van der Waals surface area contributed by atoms with Gasteiger partial charge in [-0.15, -0.1) is 0 Å². The van der Waals surface area contributed by atoms with Crippen molar-refractivity contribution in [2.75, 3.05) is 0 Å². The Labute approximate surface area is 116 Å². The largest absolute Gasteiger partial charge is 0.350 e. The number of hydrogen-bond acceptors (Lipinski definition) is 2. The average molecular weight is 265 g/mol. The molecule has 0 aromatic carbocycles. The molecule has 0 bridgehead atoms. The van der Waals surface area contributed by atoms with Crippen LogP contribution in [0.1, 0.15) is 71.1 Å². The van der Waals surface area contributed by atoms with Crippen LogP contribution in [0.2, 0.25) is 0 Å². The number of primary amides is 1. The molecule has 0 aliphatic heterocycles. The van der Waals surface area contributed by atoms with Crippen LogP contribution in [-0.4, -0.2) is 11.7 Å². The van der Waals surface area contributed by atoms with Crippen molar-refractivity contribution in [3.05, 3.63) is 0 Å². The van der Waals surface area contributed by atoms with Crippen LogP contribution < -0.4 is 11.2 Å². The van der Waals surface area contributed by atoms with Crippen LogP contribution in [0, 0.1) is 11.3 Å². The van der Waals surface area contributed by atoms with Gasteiger partial charge < -0.3 is 5.73 Å². The lowest BCUT2D eigenvalue weighted by molar-refractivity contribution is 0.0701. The molecule has 4 nitrogen and oxygen atoms in total. The SMILES string of the molecule is CCCCC12CCCCC1CC/C(=N\NC(N)=O)C2. The Balaban J connectivity index is 2.07. The molecule has 0 radical (unpaired) electrons. The summed E-state index contributed by atoms with van der Waals surface area (Å²) in [6.07, 6.45) is 12.7. The summed E-state index contributed by atoms with van der Waals surface area (Å²) in [5.41, 5.74) is 9.12. The smallest absolute Gasteiger partial charge is 0.332 e. The van der Waals surface area contributed by atoms with E-state index in [0.29, 0.717) is 5.41 Å². The zero-order valence-electron chi connectivity index (χ0n) is 12.1. The highest BCUT2D eigenvalue weighted by atomic mass is 16.2. The van der Waals surface area contributed by atoms with Crippen LogP contribution in [-0.2, 0) is 0 Å². The minimum Gasteiger partial charge on any atom is -0.350 e. The molecule has 19 heavy (non-hydrogen) atoms. The van der Waals surface area contributed by atoms with E-state index in [-0.39, 0.29) is 0 Å². The fourth-order valence-electron chi connectivity index (χ4n) is 4.07. The highest BCUT2D eigenvalue weighted by Crippen LogP contribution is 2.52. The second kappa shape index (κ2) is 6.40. The van der Waals surface area contributed by atoms with E-state index in [9.17, 15) is 4.79 Å². The molecule has 2 aliphatic rings. The lowest BCUT2D eigenvalue weighted by atomic mass is 9.57. The summed E-state index contributed by atoms with van der Waals surface area (Å²) in [6, 6.07) is -0.555. The van der Waals surface area contributed by atoms with E-state index < -0.39 is 6.03 Å². The van der Waals surface area contributed by atoms with Gasteiger partial charge in [-0.2, -0.15) is 5.10 Å². The summed E-state index contributed by atoms with van der Waals surface area (Å²) in [4.78, 5) is 10.8. The summed E-state index contributed by atoms with van der Waals surface area (Å²) in [6.45, 7) is 2.26. The summed E-state index contributed by atoms with van der Waals surface area (Å²) in [5, 5.41) is 4.22. The maximum absolute atomic E-state index is 10.8. The van der Waals surface area contributed by atoms with Crippen LogP contribution in [0.4, 0.5) is 4.79 Å². The number of nitrogens with zero attached hydrogens (tertiary/aromatic N) is 1. The summed E-state index contributed by atoms with van der Waals surface area (Å²) < 4.78 is 0. The van der Waals surface area contributed by atoms with Crippen LogP contribution in [0.5, 0.6) is 0 Å². The third-order valence-corrected chi connectivity index (χ3v) is 5.03. The van der Waals surface area contributed by atoms with Crippen molar-refractivity contribution in [1.82, 2.24) is 5.43 Å². The Hall–Kier alpha value is -1.06. The highest BCUT2D eigenvalue weighted by Gasteiger charge is 2.43. The van der Waals surface area contributed by atoms with Gasteiger partial charge in [0, 0.05) is 5.71 Å². The lowest BCUT2D eigenvalue weighted by Gasteiger charge is -2.48. The van der Waals surface area contributed by atoms with Crippen molar-refractivity contribution in [2.45, 2.75) is 71.1 Å². The molecular weight excluding hydrogens is 238 g/mol. The van der Waals surface area contributed by atoms with Gasteiger partial charge in [0.25, 0.3) is 0 Å². The van der Waals surface area contributed by atoms with E-state index in [0.717, 1.165) is 24.5 Å². The van der Waals surface area contributed by atoms with Gasteiger partial charge >= 0.3 is 6.03 Å². The Morgan fingerprint density at radius 3 is 3.05 bits per heavy atom. The average Bonchev–Trinajstić information content (AvgIpc) is 2.42. The third-order valence-electron chi connectivity index (χ3n) is 5.03. The number of hydrazone groups is 1. The van der Waals surface area contributed by atoms with Crippen LogP contribution in [0.3, 0.4) is 0 Å². The second-order valence-electron chi connectivity index (χ2n) is 6.28. The summed E-state index contributed by atoms with van der Waals surface area (Å²) >= 11 is 0. The molecule has 2 unspecified atom stereocenters. The second-order valence-corrected chi connectivity index (χ2v) is 6.28. The molecule has 4 heteroatoms. The molecule has 2 saturated carbocycles. The summed E-state index contributed by atoms with van der Waals surface area (Å²) in [5.74, 6) is 0.875. The third kappa shape index (κ3) is 3.48. The van der Waals surface area contributed by atoms with E-state index in [1.807, 2.05) is 0 Å². The monoisotopic (exact) mass is 265 g/mol. The Bertz CT molecular complexity index is 353. The van der Waals surface area contributed by atoms with Gasteiger partial charge in [0.05, 0.1) is 0 Å². The molecule has 2 fully saturated rings. The highest BCUT2D eigenvalue weighted by molar-refractivity contribution is 5.87. The number of nitrogens with two attached hydrogens (primary N) is 1. The molecule has 2 atom stereocenters. The maximum Gasteiger partial charge on any atom is 0.332 e. The van der Waals surface area contributed by atoms with Gasteiger partial charge in [-0.3, -0.25) is 0 Å². The molecule has 3 N–H and O–H groups in total. The molecule has 2 rings (SSSR count). The van der Waals surface area contributed by atoms with E-state index in [1.165, 1.54) is 51.4 Å². The fraction of sp³-hybridized carbons (Fsp3) is 0.867. The first-order valence-corrected chi connectivity index (χ1v) is 7.77. The molecule has 0 aromatic rings. The maximum atomic E-state index is 10.8. The molecule has 0 spiro atoms. The number of carbonyl (C=O) groups excluding carboxylic acids is 1.